The van der Waals surface area contributed by atoms with E-state index >= 15 is 0 Å². The summed E-state index contributed by atoms with van der Waals surface area (Å²) in [6, 6.07) is 18.0. The van der Waals surface area contributed by atoms with Crippen LogP contribution in [0.5, 0.6) is 0 Å². The van der Waals surface area contributed by atoms with E-state index in [1.54, 1.807) is 12.1 Å². The number of anilines is 1. The first kappa shape index (κ1) is 22.9. The Morgan fingerprint density at radius 2 is 1.68 bits per heavy atom. The Kier molecular flexibility index (Phi) is 8.53. The molecular formula is C24H29N3O3S. The van der Waals surface area contributed by atoms with Crippen molar-refractivity contribution in [3.05, 3.63) is 66.2 Å². The van der Waals surface area contributed by atoms with Crippen LogP contribution < -0.4 is 16.0 Å². The van der Waals surface area contributed by atoms with Gasteiger partial charge in [0.25, 0.3) is 0 Å². The largest absolute Gasteiger partial charge is 0.355 e. The highest BCUT2D eigenvalue weighted by atomic mass is 32.1. The monoisotopic (exact) mass is 439 g/mol. The highest BCUT2D eigenvalue weighted by Gasteiger charge is 2.42. The Labute approximate surface area is 188 Å². The number of benzene rings is 2. The molecule has 31 heavy (non-hydrogen) atoms. The van der Waals surface area contributed by atoms with Crippen LogP contribution in [0, 0.1) is 5.92 Å². The second kappa shape index (κ2) is 11.6. The summed E-state index contributed by atoms with van der Waals surface area (Å²) in [6.07, 6.45) is 3.16. The van der Waals surface area contributed by atoms with Crippen molar-refractivity contribution in [3.8, 4) is 0 Å². The summed E-state index contributed by atoms with van der Waals surface area (Å²) in [6.45, 7) is 0.407. The van der Waals surface area contributed by atoms with E-state index in [-0.39, 0.29) is 17.7 Å². The standard InChI is InChI=1S/C24H29N3O3S/c28-22(26-18-12-6-2-7-13-18)20(14-8-3-9-15-31)27-24(30)21-19(16-25-23(21)29)17-10-4-1-5-11-17/h1-2,4-7,10-13,19-21,31H,3,8-9,14-16H2,(H,25,29)(H,26,28)(H,27,30)/t19-,20+,21-/m1/s1. The summed E-state index contributed by atoms with van der Waals surface area (Å²) in [5.41, 5.74) is 1.60. The normalized spacial score (nSPS) is 18.8. The van der Waals surface area contributed by atoms with E-state index in [1.807, 2.05) is 48.5 Å². The third-order valence-corrected chi connectivity index (χ3v) is 5.83. The molecule has 2 aromatic rings. The molecule has 0 radical (unpaired) electrons. The molecule has 0 spiro atoms. The Hall–Kier alpha value is -2.80. The number of rotatable bonds is 10. The summed E-state index contributed by atoms with van der Waals surface area (Å²) < 4.78 is 0. The third kappa shape index (κ3) is 6.34. The average molecular weight is 440 g/mol. The average Bonchev–Trinajstić information content (AvgIpc) is 3.18. The van der Waals surface area contributed by atoms with E-state index in [1.165, 1.54) is 0 Å². The van der Waals surface area contributed by atoms with Crippen molar-refractivity contribution in [2.24, 2.45) is 5.92 Å². The van der Waals surface area contributed by atoms with Crippen LogP contribution in [-0.4, -0.2) is 36.1 Å². The number of hydrogen-bond acceptors (Lipinski definition) is 4. The van der Waals surface area contributed by atoms with Crippen molar-refractivity contribution < 1.29 is 14.4 Å². The maximum Gasteiger partial charge on any atom is 0.246 e. The molecule has 3 rings (SSSR count). The number of nitrogens with one attached hydrogen (secondary N) is 3. The minimum Gasteiger partial charge on any atom is -0.355 e. The minimum atomic E-state index is -0.855. The van der Waals surface area contributed by atoms with Gasteiger partial charge < -0.3 is 16.0 Å². The van der Waals surface area contributed by atoms with Gasteiger partial charge in [0.1, 0.15) is 12.0 Å². The lowest BCUT2D eigenvalue weighted by Gasteiger charge is -2.22. The quantitative estimate of drug-likeness (QED) is 0.261. The third-order valence-electron chi connectivity index (χ3n) is 5.52. The summed E-state index contributed by atoms with van der Waals surface area (Å²) >= 11 is 4.23. The van der Waals surface area contributed by atoms with Crippen molar-refractivity contribution in [1.29, 1.82) is 0 Å². The van der Waals surface area contributed by atoms with Gasteiger partial charge in [0.2, 0.25) is 17.7 Å². The lowest BCUT2D eigenvalue weighted by atomic mass is 9.87. The summed E-state index contributed by atoms with van der Waals surface area (Å²) in [5, 5.41) is 8.51. The van der Waals surface area contributed by atoms with Crippen LogP contribution in [0.1, 0.15) is 37.2 Å². The van der Waals surface area contributed by atoms with Crippen LogP contribution in [-0.2, 0) is 14.4 Å². The van der Waals surface area contributed by atoms with Crippen molar-refractivity contribution in [3.63, 3.8) is 0 Å². The molecule has 0 bridgehead atoms. The zero-order valence-electron chi connectivity index (χ0n) is 17.4. The highest BCUT2D eigenvalue weighted by Crippen LogP contribution is 2.29. The molecule has 0 unspecified atom stereocenters. The van der Waals surface area contributed by atoms with Crippen molar-refractivity contribution in [2.75, 3.05) is 17.6 Å². The zero-order valence-corrected chi connectivity index (χ0v) is 18.3. The fourth-order valence-electron chi connectivity index (χ4n) is 3.85. The van der Waals surface area contributed by atoms with E-state index in [9.17, 15) is 14.4 Å². The van der Waals surface area contributed by atoms with Gasteiger partial charge in [-0.05, 0) is 36.3 Å². The summed E-state index contributed by atoms with van der Waals surface area (Å²) in [7, 11) is 0. The summed E-state index contributed by atoms with van der Waals surface area (Å²) in [5.74, 6) is -1.31. The van der Waals surface area contributed by atoms with E-state index < -0.39 is 17.9 Å². The number of amides is 3. The molecule has 0 aromatic heterocycles. The number of unbranched alkanes of at least 4 members (excludes halogenated alkanes) is 2. The van der Waals surface area contributed by atoms with Gasteiger partial charge in [0, 0.05) is 18.2 Å². The first-order valence-electron chi connectivity index (χ1n) is 10.7. The Balaban J connectivity index is 1.71. The van der Waals surface area contributed by atoms with Crippen LogP contribution >= 0.6 is 12.6 Å². The molecule has 1 aliphatic heterocycles. The van der Waals surface area contributed by atoms with E-state index in [4.69, 9.17) is 0 Å². The number of carbonyl (C=O) groups is 3. The van der Waals surface area contributed by atoms with Gasteiger partial charge in [-0.1, -0.05) is 61.4 Å². The van der Waals surface area contributed by atoms with Gasteiger partial charge in [-0.3, -0.25) is 14.4 Å². The molecular weight excluding hydrogens is 410 g/mol. The highest BCUT2D eigenvalue weighted by molar-refractivity contribution is 7.80. The first-order chi connectivity index (χ1) is 15.1. The number of hydrogen-bond donors (Lipinski definition) is 4. The van der Waals surface area contributed by atoms with Crippen LogP contribution in [0.2, 0.25) is 0 Å². The van der Waals surface area contributed by atoms with Gasteiger partial charge in [0.15, 0.2) is 0 Å². The second-order valence-electron chi connectivity index (χ2n) is 7.73. The van der Waals surface area contributed by atoms with Crippen LogP contribution in [0.3, 0.4) is 0 Å². The van der Waals surface area contributed by atoms with Crippen LogP contribution in [0.25, 0.3) is 0 Å². The number of carbonyl (C=O) groups excluding carboxylic acids is 3. The Morgan fingerprint density at radius 3 is 2.35 bits per heavy atom. The molecule has 3 atom stereocenters. The molecule has 7 heteroatoms. The minimum absolute atomic E-state index is 0.254. The van der Waals surface area contributed by atoms with Crippen molar-refractivity contribution in [1.82, 2.24) is 10.6 Å². The van der Waals surface area contributed by atoms with Gasteiger partial charge in [-0.25, -0.2) is 0 Å². The van der Waals surface area contributed by atoms with E-state index in [0.29, 0.717) is 18.7 Å². The number of thiol groups is 1. The maximum absolute atomic E-state index is 13.1. The fraction of sp³-hybridized carbons (Fsp3) is 0.375. The molecule has 1 saturated heterocycles. The molecule has 164 valence electrons. The molecule has 3 N–H and O–H groups in total. The van der Waals surface area contributed by atoms with Crippen LogP contribution in [0.4, 0.5) is 5.69 Å². The first-order valence-corrected chi connectivity index (χ1v) is 11.3. The maximum atomic E-state index is 13.1. The molecule has 2 aromatic carbocycles. The van der Waals surface area contributed by atoms with Gasteiger partial charge in [-0.2, -0.15) is 12.6 Å². The predicted octanol–water partition coefficient (Wildman–Crippen LogP) is 3.13. The fourth-order valence-corrected chi connectivity index (χ4v) is 4.08. The molecule has 1 fully saturated rings. The smallest absolute Gasteiger partial charge is 0.246 e. The summed E-state index contributed by atoms with van der Waals surface area (Å²) in [4.78, 5) is 38.5. The van der Waals surface area contributed by atoms with Crippen LogP contribution in [0.15, 0.2) is 60.7 Å². The van der Waals surface area contributed by atoms with Gasteiger partial charge in [-0.15, -0.1) is 0 Å². The Bertz CT molecular complexity index is 876. The van der Waals surface area contributed by atoms with Crippen molar-refractivity contribution in [2.45, 2.75) is 37.6 Å². The molecule has 1 heterocycles. The van der Waals surface area contributed by atoms with E-state index in [2.05, 4.69) is 28.6 Å². The second-order valence-corrected chi connectivity index (χ2v) is 8.18. The molecule has 1 aliphatic rings. The molecule has 3 amide bonds. The molecule has 6 nitrogen and oxygen atoms in total. The lowest BCUT2D eigenvalue weighted by molar-refractivity contribution is -0.135. The number of para-hydroxylation sites is 1. The molecule has 0 saturated carbocycles. The SMILES string of the molecule is O=C1NC[C@H](c2ccccc2)[C@H]1C(=O)N[C@@H](CCCCCS)C(=O)Nc1ccccc1. The molecule has 0 aliphatic carbocycles. The van der Waals surface area contributed by atoms with E-state index in [0.717, 1.165) is 30.6 Å². The predicted molar refractivity (Wildman–Crippen MR) is 125 cm³/mol. The van der Waals surface area contributed by atoms with Gasteiger partial charge >= 0.3 is 0 Å². The lowest BCUT2D eigenvalue weighted by Crippen LogP contribution is -2.48. The topological polar surface area (TPSA) is 87.3 Å². The zero-order chi connectivity index (χ0) is 22.1. The van der Waals surface area contributed by atoms with Gasteiger partial charge in [0.05, 0.1) is 0 Å². The Morgan fingerprint density at radius 1 is 1.00 bits per heavy atom. The van der Waals surface area contributed by atoms with Crippen molar-refractivity contribution >= 4 is 36.0 Å².